The Hall–Kier alpha value is -3.52. The van der Waals surface area contributed by atoms with Crippen LogP contribution in [0.4, 0.5) is 0 Å². The molecule has 0 spiro atoms. The Labute approximate surface area is 240 Å². The Morgan fingerprint density at radius 2 is 1.85 bits per heavy atom. The molecule has 0 saturated carbocycles. The minimum absolute atomic E-state index is 0.0121. The number of aromatic nitrogens is 1. The number of para-hydroxylation sites is 1. The van der Waals surface area contributed by atoms with E-state index >= 15 is 0 Å². The maximum atomic E-state index is 13.7. The molecule has 1 amide bonds. The number of benzene rings is 3. The highest BCUT2D eigenvalue weighted by Crippen LogP contribution is 2.36. The van der Waals surface area contributed by atoms with Crippen LogP contribution in [0.15, 0.2) is 107 Å². The Morgan fingerprint density at radius 1 is 1.05 bits per heavy atom. The normalized spacial score (nSPS) is 15.1. The summed E-state index contributed by atoms with van der Waals surface area (Å²) in [7, 11) is 1.65. The first-order chi connectivity index (χ1) is 19.1. The van der Waals surface area contributed by atoms with Gasteiger partial charge in [0, 0.05) is 40.0 Å². The molecule has 5 nitrogen and oxygen atoms in total. The number of carbonyl (C=O) groups is 1. The minimum atomic E-state index is -0.146. The van der Waals surface area contributed by atoms with Crippen LogP contribution in [-0.2, 0) is 11.3 Å². The van der Waals surface area contributed by atoms with Gasteiger partial charge in [-0.15, -0.1) is 23.1 Å². The summed E-state index contributed by atoms with van der Waals surface area (Å²) in [6.07, 6.45) is 2.83. The molecule has 0 bridgehead atoms. The molecule has 1 unspecified atom stereocenters. The van der Waals surface area contributed by atoms with E-state index in [-0.39, 0.29) is 11.9 Å². The van der Waals surface area contributed by atoms with Crippen LogP contribution in [0.25, 0.3) is 10.9 Å². The fourth-order valence-corrected chi connectivity index (χ4v) is 6.66. The van der Waals surface area contributed by atoms with E-state index in [4.69, 9.17) is 21.4 Å². The van der Waals surface area contributed by atoms with Crippen molar-refractivity contribution in [3.8, 4) is 5.75 Å². The van der Waals surface area contributed by atoms with Crippen molar-refractivity contribution in [2.75, 3.05) is 12.9 Å². The van der Waals surface area contributed by atoms with Gasteiger partial charge >= 0.3 is 0 Å². The lowest BCUT2D eigenvalue weighted by atomic mass is 10.0. The second kappa shape index (κ2) is 11.3. The van der Waals surface area contributed by atoms with Gasteiger partial charge in [-0.25, -0.2) is 5.01 Å². The summed E-state index contributed by atoms with van der Waals surface area (Å²) < 4.78 is 7.57. The minimum Gasteiger partial charge on any atom is -0.497 e. The number of nitrogens with zero attached hydrogens (tertiary/aromatic N) is 3. The molecule has 0 fully saturated rings. The smallest absolute Gasteiger partial charge is 0.253 e. The molecular weight excluding hydrogens is 546 g/mol. The van der Waals surface area contributed by atoms with Crippen LogP contribution in [0, 0.1) is 0 Å². The Morgan fingerprint density at radius 3 is 2.59 bits per heavy atom. The van der Waals surface area contributed by atoms with E-state index in [1.54, 1.807) is 35.2 Å². The van der Waals surface area contributed by atoms with Crippen molar-refractivity contribution in [2.45, 2.75) is 23.9 Å². The zero-order valence-electron chi connectivity index (χ0n) is 21.3. The van der Waals surface area contributed by atoms with Crippen LogP contribution >= 0.6 is 34.7 Å². The van der Waals surface area contributed by atoms with Crippen LogP contribution in [0.2, 0.25) is 5.02 Å². The van der Waals surface area contributed by atoms with E-state index in [0.717, 1.165) is 49.3 Å². The van der Waals surface area contributed by atoms with E-state index < -0.39 is 0 Å². The number of rotatable bonds is 8. The average Bonchev–Trinajstić information content (AvgIpc) is 3.73. The molecule has 3 aromatic carbocycles. The van der Waals surface area contributed by atoms with Gasteiger partial charge in [0.15, 0.2) is 0 Å². The van der Waals surface area contributed by atoms with E-state index in [1.807, 2.05) is 72.1 Å². The van der Waals surface area contributed by atoms with Gasteiger partial charge in [-0.1, -0.05) is 60.1 Å². The van der Waals surface area contributed by atoms with Gasteiger partial charge in [-0.2, -0.15) is 5.10 Å². The zero-order valence-corrected chi connectivity index (χ0v) is 23.7. The molecule has 0 radical (unpaired) electrons. The lowest BCUT2D eigenvalue weighted by Gasteiger charge is -2.22. The third-order valence-corrected chi connectivity index (χ3v) is 9.04. The summed E-state index contributed by atoms with van der Waals surface area (Å²) in [5.74, 6) is 1.07. The number of thioether (sulfide) groups is 1. The van der Waals surface area contributed by atoms with Crippen molar-refractivity contribution >= 4 is 57.2 Å². The summed E-state index contributed by atoms with van der Waals surface area (Å²) in [6, 6.07) is 28.1. The number of hydrogen-bond donors (Lipinski definition) is 0. The molecule has 8 heteroatoms. The molecule has 1 aliphatic heterocycles. The van der Waals surface area contributed by atoms with Crippen LogP contribution in [0.1, 0.15) is 28.5 Å². The molecule has 39 heavy (non-hydrogen) atoms. The van der Waals surface area contributed by atoms with Crippen molar-refractivity contribution in [1.82, 2.24) is 9.58 Å². The van der Waals surface area contributed by atoms with E-state index in [9.17, 15) is 4.79 Å². The van der Waals surface area contributed by atoms with Crippen LogP contribution in [0.5, 0.6) is 5.75 Å². The second-order valence-corrected chi connectivity index (χ2v) is 11.7. The number of thiophene rings is 1. The molecule has 5 aromatic rings. The van der Waals surface area contributed by atoms with E-state index in [0.29, 0.717) is 12.2 Å². The average molecular weight is 572 g/mol. The lowest BCUT2D eigenvalue weighted by molar-refractivity contribution is -0.130. The Bertz CT molecular complexity index is 1630. The second-order valence-electron chi connectivity index (χ2n) is 9.31. The Balaban J connectivity index is 1.24. The van der Waals surface area contributed by atoms with Crippen molar-refractivity contribution in [3.05, 3.63) is 118 Å². The Kier molecular flexibility index (Phi) is 7.46. The van der Waals surface area contributed by atoms with Crippen LogP contribution in [-0.4, -0.2) is 34.1 Å². The molecule has 0 saturated heterocycles. The fourth-order valence-electron chi connectivity index (χ4n) is 4.87. The molecule has 0 N–H and O–H groups in total. The number of hydrogen-bond acceptors (Lipinski definition) is 5. The number of fused-ring (bicyclic) bond motifs is 1. The van der Waals surface area contributed by atoms with Crippen LogP contribution < -0.4 is 4.74 Å². The molecule has 0 aliphatic carbocycles. The van der Waals surface area contributed by atoms with Crippen molar-refractivity contribution in [3.63, 3.8) is 0 Å². The molecule has 1 aliphatic rings. The third-order valence-electron chi connectivity index (χ3n) is 6.84. The van der Waals surface area contributed by atoms with E-state index in [2.05, 4.69) is 29.0 Å². The van der Waals surface area contributed by atoms with Gasteiger partial charge in [0.25, 0.3) is 5.91 Å². The van der Waals surface area contributed by atoms with Gasteiger partial charge in [0.2, 0.25) is 0 Å². The van der Waals surface area contributed by atoms with Crippen molar-refractivity contribution < 1.29 is 9.53 Å². The first-order valence-electron chi connectivity index (χ1n) is 12.6. The highest BCUT2D eigenvalue weighted by Gasteiger charge is 2.33. The van der Waals surface area contributed by atoms with E-state index in [1.165, 1.54) is 5.56 Å². The molecule has 3 heterocycles. The summed E-state index contributed by atoms with van der Waals surface area (Å²) in [6.45, 7) is 0.728. The van der Waals surface area contributed by atoms with Gasteiger partial charge in [0.05, 0.1) is 29.5 Å². The summed E-state index contributed by atoms with van der Waals surface area (Å²) in [5.41, 5.74) is 4.30. The SMILES string of the molecule is COc1ccc(C2CC(c3cccs3)=NN2C(=O)CSc2cn(Cc3ccc(Cl)cc3)c3ccccc23)cc1. The van der Waals surface area contributed by atoms with Crippen molar-refractivity contribution in [1.29, 1.82) is 0 Å². The quantitative estimate of drug-likeness (QED) is 0.178. The highest BCUT2D eigenvalue weighted by atomic mass is 35.5. The number of methoxy groups -OCH3 is 1. The molecule has 1 atom stereocenters. The molecule has 196 valence electrons. The first kappa shape index (κ1) is 25.7. The largest absolute Gasteiger partial charge is 0.497 e. The number of carbonyl (C=O) groups excluding carboxylic acids is 1. The predicted octanol–water partition coefficient (Wildman–Crippen LogP) is 7.88. The highest BCUT2D eigenvalue weighted by molar-refractivity contribution is 8.00. The zero-order chi connectivity index (χ0) is 26.8. The van der Waals surface area contributed by atoms with Gasteiger partial charge < -0.3 is 9.30 Å². The number of hydrazone groups is 1. The van der Waals surface area contributed by atoms with Crippen molar-refractivity contribution in [2.24, 2.45) is 5.10 Å². The third kappa shape index (κ3) is 5.48. The van der Waals surface area contributed by atoms with Crippen LogP contribution in [0.3, 0.4) is 0 Å². The topological polar surface area (TPSA) is 46.8 Å². The summed E-state index contributed by atoms with van der Waals surface area (Å²) in [4.78, 5) is 15.8. The monoisotopic (exact) mass is 571 g/mol. The maximum absolute atomic E-state index is 13.7. The lowest BCUT2D eigenvalue weighted by Crippen LogP contribution is -2.28. The fraction of sp³-hybridized carbons (Fsp3) is 0.161. The standard InChI is InChI=1S/C31H26ClN3O2S2/c1-37-24-14-10-22(11-15-24)28-17-26(29-7-4-16-38-29)33-35(28)31(36)20-39-30-19-34(27-6-3-2-5-25(27)30)18-21-8-12-23(32)13-9-21/h2-16,19,28H,17-18,20H2,1H3. The maximum Gasteiger partial charge on any atom is 0.253 e. The van der Waals surface area contributed by atoms with Gasteiger partial charge in [0.1, 0.15) is 5.75 Å². The molecular formula is C31H26ClN3O2S2. The first-order valence-corrected chi connectivity index (χ1v) is 14.9. The molecule has 2 aromatic heterocycles. The summed E-state index contributed by atoms with van der Waals surface area (Å²) in [5, 5.41) is 10.4. The number of amides is 1. The number of ether oxygens (including phenoxy) is 1. The van der Waals surface area contributed by atoms with Gasteiger partial charge in [-0.05, 0) is 52.9 Å². The predicted molar refractivity (Wildman–Crippen MR) is 161 cm³/mol. The summed E-state index contributed by atoms with van der Waals surface area (Å²) >= 11 is 9.29. The number of halogens is 1. The van der Waals surface area contributed by atoms with Gasteiger partial charge in [-0.3, -0.25) is 4.79 Å². The molecule has 6 rings (SSSR count).